The van der Waals surface area contributed by atoms with Gasteiger partial charge in [-0.05, 0) is 19.1 Å². The Labute approximate surface area is 156 Å². The van der Waals surface area contributed by atoms with E-state index in [4.69, 9.17) is 5.73 Å². The summed E-state index contributed by atoms with van der Waals surface area (Å²) in [4.78, 5) is 30.0. The van der Waals surface area contributed by atoms with Gasteiger partial charge in [0.1, 0.15) is 6.33 Å². The average molecular weight is 362 g/mol. The van der Waals surface area contributed by atoms with E-state index in [0.717, 1.165) is 5.56 Å². The van der Waals surface area contributed by atoms with Gasteiger partial charge in [-0.2, -0.15) is 0 Å². The summed E-state index contributed by atoms with van der Waals surface area (Å²) in [6, 6.07) is 7.24. The van der Waals surface area contributed by atoms with Crippen molar-refractivity contribution in [1.29, 1.82) is 0 Å². The third-order valence-corrected chi connectivity index (χ3v) is 3.97. The Bertz CT molecular complexity index is 1060. The quantitative estimate of drug-likeness (QED) is 0.663. The Kier molecular flexibility index (Phi) is 5.24. The molecular weight excluding hydrogens is 344 g/mol. The van der Waals surface area contributed by atoms with Crippen LogP contribution in [0.25, 0.3) is 22.4 Å². The Morgan fingerprint density at radius 2 is 2.15 bits per heavy atom. The number of hydrogen-bond donors (Lipinski definition) is 2. The van der Waals surface area contributed by atoms with Gasteiger partial charge in [0.25, 0.3) is 5.91 Å². The van der Waals surface area contributed by atoms with Gasteiger partial charge in [0.15, 0.2) is 23.1 Å². The highest BCUT2D eigenvalue weighted by Crippen LogP contribution is 2.21. The minimum atomic E-state index is -1.36. The van der Waals surface area contributed by atoms with Gasteiger partial charge in [0.2, 0.25) is 0 Å². The van der Waals surface area contributed by atoms with Crippen LogP contribution in [0.15, 0.2) is 36.8 Å². The summed E-state index contributed by atoms with van der Waals surface area (Å²) in [6.07, 6.45) is 1.57. The SMILES string of the molecule is CCN(C)C(=O)[C@H](O)C#Cc1cccc(-c2cnc3ncnc(N)c3n2)c1. The number of hydrogen-bond acceptors (Lipinski definition) is 7. The van der Waals surface area contributed by atoms with Crippen LogP contribution in [0.5, 0.6) is 0 Å². The number of rotatable bonds is 3. The van der Waals surface area contributed by atoms with Crippen molar-refractivity contribution in [1.82, 2.24) is 24.8 Å². The lowest BCUT2D eigenvalue weighted by molar-refractivity contribution is -0.135. The minimum Gasteiger partial charge on any atom is -0.382 e. The molecule has 0 aliphatic carbocycles. The zero-order valence-electron chi connectivity index (χ0n) is 14.9. The van der Waals surface area contributed by atoms with E-state index in [1.807, 2.05) is 19.1 Å². The number of aliphatic hydroxyl groups is 1. The first-order valence-electron chi connectivity index (χ1n) is 8.28. The summed E-state index contributed by atoms with van der Waals surface area (Å²) in [5.74, 6) is 5.21. The number of aromatic nitrogens is 4. The molecule has 0 aliphatic heterocycles. The molecule has 1 aromatic carbocycles. The highest BCUT2D eigenvalue weighted by Gasteiger charge is 2.15. The predicted molar refractivity (Wildman–Crippen MR) is 101 cm³/mol. The second kappa shape index (κ2) is 7.76. The summed E-state index contributed by atoms with van der Waals surface area (Å²) >= 11 is 0. The molecule has 0 unspecified atom stereocenters. The molecule has 8 heteroatoms. The summed E-state index contributed by atoms with van der Waals surface area (Å²) in [7, 11) is 1.61. The van der Waals surface area contributed by atoms with Gasteiger partial charge >= 0.3 is 0 Å². The first-order chi connectivity index (χ1) is 13.0. The van der Waals surface area contributed by atoms with Crippen LogP contribution >= 0.6 is 0 Å². The van der Waals surface area contributed by atoms with Crippen LogP contribution in [0.4, 0.5) is 5.82 Å². The Balaban J connectivity index is 1.90. The van der Waals surface area contributed by atoms with E-state index in [1.54, 1.807) is 25.4 Å². The number of amides is 1. The van der Waals surface area contributed by atoms with Gasteiger partial charge in [-0.25, -0.2) is 19.9 Å². The normalized spacial score (nSPS) is 11.5. The number of benzene rings is 1. The van der Waals surface area contributed by atoms with Gasteiger partial charge in [-0.1, -0.05) is 24.0 Å². The number of fused-ring (bicyclic) bond motifs is 1. The third-order valence-electron chi connectivity index (χ3n) is 3.97. The Hall–Kier alpha value is -3.57. The number of nitrogens with two attached hydrogens (primary N) is 1. The van der Waals surface area contributed by atoms with Crippen LogP contribution in [0, 0.1) is 11.8 Å². The predicted octanol–water partition coefficient (Wildman–Crippen LogP) is 0.860. The molecule has 0 radical (unpaired) electrons. The van der Waals surface area contributed by atoms with Crippen LogP contribution in [0.1, 0.15) is 12.5 Å². The maximum Gasteiger partial charge on any atom is 0.263 e. The van der Waals surface area contributed by atoms with Crippen molar-refractivity contribution >= 4 is 22.9 Å². The van der Waals surface area contributed by atoms with Crippen LogP contribution < -0.4 is 5.73 Å². The van der Waals surface area contributed by atoms with Gasteiger partial charge in [-0.15, -0.1) is 0 Å². The van der Waals surface area contributed by atoms with Gasteiger partial charge in [0.05, 0.1) is 11.9 Å². The number of carbonyl (C=O) groups is 1. The van der Waals surface area contributed by atoms with Crippen LogP contribution in [0.3, 0.4) is 0 Å². The maximum atomic E-state index is 11.9. The number of carbonyl (C=O) groups excluding carboxylic acids is 1. The molecule has 1 atom stereocenters. The average Bonchev–Trinajstić information content (AvgIpc) is 2.71. The summed E-state index contributed by atoms with van der Waals surface area (Å²) in [5.41, 5.74) is 8.68. The molecule has 8 nitrogen and oxygen atoms in total. The van der Waals surface area contributed by atoms with E-state index in [1.165, 1.54) is 11.2 Å². The number of likely N-dealkylation sites (N-methyl/N-ethyl adjacent to an activating group) is 1. The molecule has 0 saturated carbocycles. The van der Waals surface area contributed by atoms with Gasteiger partial charge < -0.3 is 15.7 Å². The van der Waals surface area contributed by atoms with Crippen molar-refractivity contribution in [2.75, 3.05) is 19.3 Å². The van der Waals surface area contributed by atoms with Crippen LogP contribution in [0.2, 0.25) is 0 Å². The van der Waals surface area contributed by atoms with Crippen molar-refractivity contribution in [3.05, 3.63) is 42.4 Å². The Morgan fingerprint density at radius 1 is 1.33 bits per heavy atom. The van der Waals surface area contributed by atoms with E-state index < -0.39 is 12.0 Å². The molecule has 3 N–H and O–H groups in total. The monoisotopic (exact) mass is 362 g/mol. The van der Waals surface area contributed by atoms with E-state index in [2.05, 4.69) is 31.8 Å². The lowest BCUT2D eigenvalue weighted by Crippen LogP contribution is -2.35. The fourth-order valence-corrected chi connectivity index (χ4v) is 2.33. The Morgan fingerprint density at radius 3 is 2.93 bits per heavy atom. The summed E-state index contributed by atoms with van der Waals surface area (Å²) in [5, 5.41) is 9.90. The molecule has 3 rings (SSSR count). The second-order valence-corrected chi connectivity index (χ2v) is 5.79. The van der Waals surface area contributed by atoms with Crippen molar-refractivity contribution < 1.29 is 9.90 Å². The molecule has 0 aliphatic rings. The molecule has 0 bridgehead atoms. The van der Waals surface area contributed by atoms with Gasteiger partial charge in [0, 0.05) is 24.7 Å². The molecule has 0 spiro atoms. The topological polar surface area (TPSA) is 118 Å². The molecule has 0 fully saturated rings. The first-order valence-corrected chi connectivity index (χ1v) is 8.28. The molecule has 0 saturated heterocycles. The van der Waals surface area contributed by atoms with E-state index in [-0.39, 0.29) is 5.82 Å². The zero-order valence-corrected chi connectivity index (χ0v) is 14.9. The molecule has 3 aromatic rings. The third kappa shape index (κ3) is 3.99. The van der Waals surface area contributed by atoms with Crippen molar-refractivity contribution in [3.63, 3.8) is 0 Å². The largest absolute Gasteiger partial charge is 0.382 e. The second-order valence-electron chi connectivity index (χ2n) is 5.79. The number of nitrogen functional groups attached to an aromatic ring is 1. The highest BCUT2D eigenvalue weighted by atomic mass is 16.3. The highest BCUT2D eigenvalue weighted by molar-refractivity contribution is 5.84. The zero-order chi connectivity index (χ0) is 19.4. The van der Waals surface area contributed by atoms with E-state index >= 15 is 0 Å². The molecule has 1 amide bonds. The number of aliphatic hydroxyl groups excluding tert-OH is 1. The van der Waals surface area contributed by atoms with E-state index in [0.29, 0.717) is 29.0 Å². The lowest BCUT2D eigenvalue weighted by Gasteiger charge is -2.15. The van der Waals surface area contributed by atoms with Gasteiger partial charge in [-0.3, -0.25) is 4.79 Å². The smallest absolute Gasteiger partial charge is 0.263 e. The van der Waals surface area contributed by atoms with Crippen molar-refractivity contribution in [2.45, 2.75) is 13.0 Å². The van der Waals surface area contributed by atoms with Crippen molar-refractivity contribution in [3.8, 4) is 23.1 Å². The maximum absolute atomic E-state index is 11.9. The molecule has 2 aromatic heterocycles. The molecule has 136 valence electrons. The fourth-order valence-electron chi connectivity index (χ4n) is 2.33. The van der Waals surface area contributed by atoms with Crippen molar-refractivity contribution in [2.24, 2.45) is 0 Å². The fraction of sp³-hybridized carbons (Fsp3) is 0.211. The summed E-state index contributed by atoms with van der Waals surface area (Å²) in [6.45, 7) is 2.32. The number of anilines is 1. The molecular formula is C19H18N6O2. The number of nitrogens with zero attached hydrogens (tertiary/aromatic N) is 5. The van der Waals surface area contributed by atoms with Crippen LogP contribution in [-0.2, 0) is 4.79 Å². The summed E-state index contributed by atoms with van der Waals surface area (Å²) < 4.78 is 0. The lowest BCUT2D eigenvalue weighted by atomic mass is 10.1. The first kappa shape index (κ1) is 18.2. The van der Waals surface area contributed by atoms with E-state index in [9.17, 15) is 9.90 Å². The minimum absolute atomic E-state index is 0.256. The molecule has 27 heavy (non-hydrogen) atoms. The standard InChI is InChI=1S/C19H18N6O2/c1-3-25(2)19(27)15(26)8-7-12-5-4-6-13(9-12)14-10-21-18-16(24-14)17(20)22-11-23-18/h4-6,9-11,15,26H,3H2,1-2H3,(H2,20,21,22,23)/t15-/m1/s1. The van der Waals surface area contributed by atoms with Crippen LogP contribution in [-0.4, -0.2) is 55.5 Å². The molecule has 2 heterocycles.